The second-order valence-corrected chi connectivity index (χ2v) is 5.51. The zero-order chi connectivity index (χ0) is 13.8. The average molecular weight is 266 g/mol. The molecule has 2 nitrogen and oxygen atoms in total. The monoisotopic (exact) mass is 266 g/mol. The number of benzene rings is 1. The molecule has 1 aliphatic rings. The smallest absolute Gasteiger partial charge is 0.0510 e. The molecule has 0 saturated carbocycles. The molecule has 3 rings (SSSR count). The van der Waals surface area contributed by atoms with E-state index in [4.69, 9.17) is 0 Å². The number of nitrogens with one attached hydrogen (secondary N) is 1. The minimum Gasteiger partial charge on any atom is -0.313 e. The third kappa shape index (κ3) is 2.75. The lowest BCUT2D eigenvalue weighted by molar-refractivity contribution is 0.598. The number of pyridine rings is 1. The van der Waals surface area contributed by atoms with E-state index in [1.54, 1.807) is 0 Å². The van der Waals surface area contributed by atoms with E-state index in [1.807, 2.05) is 6.20 Å². The molecule has 0 spiro atoms. The zero-order valence-corrected chi connectivity index (χ0v) is 12.1. The van der Waals surface area contributed by atoms with Crippen molar-refractivity contribution in [3.8, 4) is 0 Å². The van der Waals surface area contributed by atoms with Gasteiger partial charge in [-0.15, -0.1) is 0 Å². The zero-order valence-electron chi connectivity index (χ0n) is 12.1. The molecular formula is C18H22N2. The molecule has 0 aliphatic heterocycles. The Labute approximate surface area is 121 Å². The van der Waals surface area contributed by atoms with Crippen LogP contribution in [-0.4, -0.2) is 11.5 Å². The van der Waals surface area contributed by atoms with Gasteiger partial charge in [-0.05, 0) is 48.6 Å². The second kappa shape index (κ2) is 6.19. The van der Waals surface area contributed by atoms with Crippen molar-refractivity contribution in [2.75, 3.05) is 6.54 Å². The molecular weight excluding hydrogens is 244 g/mol. The number of rotatable bonds is 4. The molecule has 2 heteroatoms. The van der Waals surface area contributed by atoms with Gasteiger partial charge in [-0.3, -0.25) is 4.98 Å². The van der Waals surface area contributed by atoms with Gasteiger partial charge in [-0.25, -0.2) is 0 Å². The largest absolute Gasteiger partial charge is 0.313 e. The first-order chi connectivity index (χ1) is 9.88. The third-order valence-electron chi connectivity index (χ3n) is 4.16. The van der Waals surface area contributed by atoms with E-state index in [9.17, 15) is 0 Å². The molecule has 0 radical (unpaired) electrons. The van der Waals surface area contributed by atoms with Gasteiger partial charge in [0.2, 0.25) is 0 Å². The predicted molar refractivity (Wildman–Crippen MR) is 82.8 cm³/mol. The van der Waals surface area contributed by atoms with Crippen LogP contribution in [0, 0.1) is 0 Å². The van der Waals surface area contributed by atoms with Crippen molar-refractivity contribution >= 4 is 0 Å². The average Bonchev–Trinajstić information content (AvgIpc) is 2.53. The number of aromatic nitrogens is 1. The Morgan fingerprint density at radius 1 is 1.20 bits per heavy atom. The molecule has 0 saturated heterocycles. The van der Waals surface area contributed by atoms with Crippen molar-refractivity contribution in [1.82, 2.24) is 10.3 Å². The van der Waals surface area contributed by atoms with Gasteiger partial charge in [-0.2, -0.15) is 0 Å². The first-order valence-corrected chi connectivity index (χ1v) is 7.62. The highest BCUT2D eigenvalue weighted by atomic mass is 14.8. The SMILES string of the molecule is CCNCc1ccc(C2CCCc3cccnc32)cc1. The van der Waals surface area contributed by atoms with Crippen molar-refractivity contribution in [2.45, 2.75) is 38.6 Å². The molecule has 1 N–H and O–H groups in total. The molecule has 20 heavy (non-hydrogen) atoms. The minimum absolute atomic E-state index is 0.480. The Bertz CT molecular complexity index is 560. The van der Waals surface area contributed by atoms with E-state index in [0.717, 1.165) is 13.1 Å². The number of hydrogen-bond acceptors (Lipinski definition) is 2. The van der Waals surface area contributed by atoms with E-state index in [0.29, 0.717) is 5.92 Å². The first-order valence-electron chi connectivity index (χ1n) is 7.62. The normalized spacial score (nSPS) is 17.8. The van der Waals surface area contributed by atoms with Gasteiger partial charge >= 0.3 is 0 Å². The highest BCUT2D eigenvalue weighted by Crippen LogP contribution is 2.35. The molecule has 2 aromatic rings. The Balaban J connectivity index is 1.83. The molecule has 104 valence electrons. The Morgan fingerprint density at radius 2 is 2.05 bits per heavy atom. The van der Waals surface area contributed by atoms with Gasteiger partial charge in [0, 0.05) is 18.7 Å². The summed E-state index contributed by atoms with van der Waals surface area (Å²) in [7, 11) is 0. The van der Waals surface area contributed by atoms with E-state index in [-0.39, 0.29) is 0 Å². The molecule has 1 aromatic carbocycles. The molecule has 1 atom stereocenters. The molecule has 0 fully saturated rings. The van der Waals surface area contributed by atoms with Gasteiger partial charge in [-0.1, -0.05) is 37.3 Å². The summed E-state index contributed by atoms with van der Waals surface area (Å²) in [6, 6.07) is 13.3. The highest BCUT2D eigenvalue weighted by molar-refractivity contribution is 5.36. The van der Waals surface area contributed by atoms with Crippen LogP contribution in [0.5, 0.6) is 0 Å². The fraction of sp³-hybridized carbons (Fsp3) is 0.389. The maximum atomic E-state index is 4.64. The molecule has 0 amide bonds. The standard InChI is InChI=1S/C18H22N2/c1-2-19-13-14-8-10-15(11-9-14)17-7-3-5-16-6-4-12-20-18(16)17/h4,6,8-12,17,19H,2-3,5,7,13H2,1H3. The predicted octanol–water partition coefficient (Wildman–Crippen LogP) is 3.66. The summed E-state index contributed by atoms with van der Waals surface area (Å²) < 4.78 is 0. The van der Waals surface area contributed by atoms with Gasteiger partial charge in [0.1, 0.15) is 0 Å². The van der Waals surface area contributed by atoms with E-state index < -0.39 is 0 Å². The summed E-state index contributed by atoms with van der Waals surface area (Å²) in [6.45, 7) is 4.11. The second-order valence-electron chi connectivity index (χ2n) is 5.51. The summed E-state index contributed by atoms with van der Waals surface area (Å²) in [6.07, 6.45) is 5.59. The Hall–Kier alpha value is -1.67. The summed E-state index contributed by atoms with van der Waals surface area (Å²) in [5.41, 5.74) is 5.48. The molecule has 1 unspecified atom stereocenters. The van der Waals surface area contributed by atoms with E-state index in [1.165, 1.54) is 41.6 Å². The molecule has 1 aromatic heterocycles. The number of fused-ring (bicyclic) bond motifs is 1. The van der Waals surface area contributed by atoms with Gasteiger partial charge < -0.3 is 5.32 Å². The lowest BCUT2D eigenvalue weighted by atomic mass is 9.82. The quantitative estimate of drug-likeness (QED) is 0.913. The minimum atomic E-state index is 0.480. The fourth-order valence-corrected chi connectivity index (χ4v) is 3.07. The fourth-order valence-electron chi connectivity index (χ4n) is 3.07. The molecule has 0 bridgehead atoms. The number of aryl methyl sites for hydroxylation is 1. The van der Waals surface area contributed by atoms with Crippen LogP contribution in [0.2, 0.25) is 0 Å². The Kier molecular flexibility index (Phi) is 4.12. The number of nitrogens with zero attached hydrogens (tertiary/aromatic N) is 1. The van der Waals surface area contributed by atoms with Crippen LogP contribution in [0.4, 0.5) is 0 Å². The highest BCUT2D eigenvalue weighted by Gasteiger charge is 2.22. The van der Waals surface area contributed by atoms with Crippen LogP contribution in [0.15, 0.2) is 42.6 Å². The lowest BCUT2D eigenvalue weighted by Crippen LogP contribution is -2.14. The molecule has 1 heterocycles. The van der Waals surface area contributed by atoms with E-state index in [2.05, 4.69) is 53.6 Å². The van der Waals surface area contributed by atoms with Crippen LogP contribution in [0.3, 0.4) is 0 Å². The van der Waals surface area contributed by atoms with Gasteiger partial charge in [0.05, 0.1) is 5.69 Å². The van der Waals surface area contributed by atoms with Crippen molar-refractivity contribution in [3.05, 3.63) is 65.0 Å². The van der Waals surface area contributed by atoms with Crippen molar-refractivity contribution in [1.29, 1.82) is 0 Å². The Morgan fingerprint density at radius 3 is 2.85 bits per heavy atom. The van der Waals surface area contributed by atoms with Crippen molar-refractivity contribution in [3.63, 3.8) is 0 Å². The maximum Gasteiger partial charge on any atom is 0.0510 e. The van der Waals surface area contributed by atoms with Crippen LogP contribution in [0.1, 0.15) is 48.1 Å². The van der Waals surface area contributed by atoms with Crippen LogP contribution in [-0.2, 0) is 13.0 Å². The van der Waals surface area contributed by atoms with Crippen LogP contribution in [0.25, 0.3) is 0 Å². The summed E-state index contributed by atoms with van der Waals surface area (Å²) in [5.74, 6) is 0.480. The van der Waals surface area contributed by atoms with Gasteiger partial charge in [0.15, 0.2) is 0 Å². The van der Waals surface area contributed by atoms with E-state index >= 15 is 0 Å². The maximum absolute atomic E-state index is 4.64. The van der Waals surface area contributed by atoms with Crippen LogP contribution < -0.4 is 5.32 Å². The summed E-state index contributed by atoms with van der Waals surface area (Å²) in [5, 5.41) is 3.37. The van der Waals surface area contributed by atoms with Crippen LogP contribution >= 0.6 is 0 Å². The third-order valence-corrected chi connectivity index (χ3v) is 4.16. The summed E-state index contributed by atoms with van der Waals surface area (Å²) in [4.78, 5) is 4.64. The first kappa shape index (κ1) is 13.3. The lowest BCUT2D eigenvalue weighted by Gasteiger charge is -2.24. The van der Waals surface area contributed by atoms with Crippen molar-refractivity contribution < 1.29 is 0 Å². The van der Waals surface area contributed by atoms with Gasteiger partial charge in [0.25, 0.3) is 0 Å². The number of hydrogen-bond donors (Lipinski definition) is 1. The molecule has 1 aliphatic carbocycles. The summed E-state index contributed by atoms with van der Waals surface area (Å²) >= 11 is 0. The topological polar surface area (TPSA) is 24.9 Å². The van der Waals surface area contributed by atoms with Crippen molar-refractivity contribution in [2.24, 2.45) is 0 Å².